The summed E-state index contributed by atoms with van der Waals surface area (Å²) in [5.74, 6) is -1.50. The molecule has 0 aliphatic heterocycles. The summed E-state index contributed by atoms with van der Waals surface area (Å²) in [6.45, 7) is 0. The molecule has 78 valence electrons. The van der Waals surface area contributed by atoms with E-state index >= 15 is 0 Å². The van der Waals surface area contributed by atoms with Crippen molar-refractivity contribution in [1.29, 1.82) is 5.26 Å². The average Bonchev–Trinajstić information content (AvgIpc) is 2.27. The molecule has 15 heavy (non-hydrogen) atoms. The van der Waals surface area contributed by atoms with Crippen LogP contribution in [0.15, 0.2) is 18.2 Å². The minimum atomic E-state index is -0.908. The predicted octanol–water partition coefficient (Wildman–Crippen LogP) is 2.42. The van der Waals surface area contributed by atoms with Crippen LogP contribution in [0.5, 0.6) is 0 Å². The molecule has 0 fully saturated rings. The lowest BCUT2D eigenvalue weighted by molar-refractivity contribution is 0.0595. The molecule has 3 nitrogen and oxygen atoms in total. The second-order valence-corrected chi connectivity index (χ2v) is 3.16. The molecule has 1 unspecified atom stereocenters. The number of rotatable bonds is 2. The van der Waals surface area contributed by atoms with Crippen LogP contribution in [-0.4, -0.2) is 13.1 Å². The van der Waals surface area contributed by atoms with Crippen molar-refractivity contribution >= 4 is 17.6 Å². The zero-order valence-corrected chi connectivity index (χ0v) is 8.58. The number of carbonyl (C=O) groups is 1. The third-order valence-electron chi connectivity index (χ3n) is 1.80. The maximum absolute atomic E-state index is 13.1. The lowest BCUT2D eigenvalue weighted by Crippen LogP contribution is -2.05. The third kappa shape index (κ3) is 2.45. The van der Waals surface area contributed by atoms with Gasteiger partial charge in [0.15, 0.2) is 0 Å². The summed E-state index contributed by atoms with van der Waals surface area (Å²) < 4.78 is 17.5. The summed E-state index contributed by atoms with van der Waals surface area (Å²) in [4.78, 5) is 11.1. The minimum absolute atomic E-state index is 0.226. The Hall–Kier alpha value is -1.60. The van der Waals surface area contributed by atoms with E-state index in [-0.39, 0.29) is 5.56 Å². The van der Waals surface area contributed by atoms with Gasteiger partial charge in [-0.2, -0.15) is 5.26 Å². The third-order valence-corrected chi connectivity index (χ3v) is 2.15. The number of nitrogens with zero attached hydrogens (tertiary/aromatic N) is 1. The highest BCUT2D eigenvalue weighted by atomic mass is 35.5. The highest BCUT2D eigenvalue weighted by Gasteiger charge is 2.15. The van der Waals surface area contributed by atoms with E-state index in [1.165, 1.54) is 12.1 Å². The molecule has 0 saturated carbocycles. The van der Waals surface area contributed by atoms with Crippen molar-refractivity contribution in [3.63, 3.8) is 0 Å². The summed E-state index contributed by atoms with van der Waals surface area (Å²) >= 11 is 5.63. The summed E-state index contributed by atoms with van der Waals surface area (Å²) in [7, 11) is 1.15. The Morgan fingerprint density at radius 2 is 2.33 bits per heavy atom. The Labute approximate surface area is 91.0 Å². The molecule has 1 atom stereocenters. The van der Waals surface area contributed by atoms with Gasteiger partial charge in [0.25, 0.3) is 0 Å². The van der Waals surface area contributed by atoms with Gasteiger partial charge in [-0.05, 0) is 17.7 Å². The molecule has 0 spiro atoms. The summed E-state index contributed by atoms with van der Waals surface area (Å²) in [5, 5.41) is 7.64. The zero-order valence-electron chi connectivity index (χ0n) is 7.83. The van der Waals surface area contributed by atoms with Gasteiger partial charge in [0, 0.05) is 0 Å². The number of halogens is 2. The van der Waals surface area contributed by atoms with Crippen molar-refractivity contribution in [2.45, 2.75) is 5.38 Å². The van der Waals surface area contributed by atoms with Crippen LogP contribution in [0.1, 0.15) is 21.3 Å². The zero-order chi connectivity index (χ0) is 11.4. The molecule has 1 aromatic carbocycles. The summed E-state index contributed by atoms with van der Waals surface area (Å²) in [5.41, 5.74) is 0.136. The SMILES string of the molecule is COC(=O)c1cc(C(Cl)C#N)ccc1F. The largest absolute Gasteiger partial charge is 0.465 e. The molecule has 1 aromatic rings. The molecule has 0 aromatic heterocycles. The Balaban J connectivity index is 3.18. The first-order valence-corrected chi connectivity index (χ1v) is 4.45. The van der Waals surface area contributed by atoms with E-state index < -0.39 is 17.2 Å². The minimum Gasteiger partial charge on any atom is -0.465 e. The molecular weight excluding hydrogens is 221 g/mol. The average molecular weight is 228 g/mol. The number of esters is 1. The van der Waals surface area contributed by atoms with Gasteiger partial charge in [-0.15, -0.1) is 11.6 Å². The van der Waals surface area contributed by atoms with E-state index in [9.17, 15) is 9.18 Å². The number of ether oxygens (including phenoxy) is 1. The Morgan fingerprint density at radius 3 is 2.87 bits per heavy atom. The first-order valence-electron chi connectivity index (χ1n) is 4.01. The van der Waals surface area contributed by atoms with Gasteiger partial charge < -0.3 is 4.74 Å². The fraction of sp³-hybridized carbons (Fsp3) is 0.200. The van der Waals surface area contributed by atoms with Gasteiger partial charge in [0.1, 0.15) is 11.2 Å². The molecule has 0 aliphatic rings. The molecule has 0 bridgehead atoms. The molecule has 0 amide bonds. The number of methoxy groups -OCH3 is 1. The standard InChI is InChI=1S/C10H7ClFNO2/c1-15-10(14)7-4-6(8(11)5-13)2-3-9(7)12/h2-4,8H,1H3. The fourth-order valence-electron chi connectivity index (χ4n) is 1.04. The van der Waals surface area contributed by atoms with Crippen molar-refractivity contribution in [2.24, 2.45) is 0 Å². The van der Waals surface area contributed by atoms with Crippen LogP contribution < -0.4 is 0 Å². The second-order valence-electron chi connectivity index (χ2n) is 2.72. The van der Waals surface area contributed by atoms with E-state index in [0.29, 0.717) is 5.56 Å². The number of hydrogen-bond donors (Lipinski definition) is 0. The highest BCUT2D eigenvalue weighted by Crippen LogP contribution is 2.22. The molecular formula is C10H7ClFNO2. The maximum Gasteiger partial charge on any atom is 0.340 e. The second kappa shape index (κ2) is 4.76. The van der Waals surface area contributed by atoms with E-state index in [1.807, 2.05) is 0 Å². The number of alkyl halides is 1. The van der Waals surface area contributed by atoms with Gasteiger partial charge in [0.2, 0.25) is 0 Å². The molecule has 0 saturated heterocycles. The smallest absolute Gasteiger partial charge is 0.340 e. The van der Waals surface area contributed by atoms with E-state index in [2.05, 4.69) is 4.74 Å². The predicted molar refractivity (Wildman–Crippen MR) is 51.9 cm³/mol. The quantitative estimate of drug-likeness (QED) is 0.576. The Morgan fingerprint density at radius 1 is 1.67 bits per heavy atom. The van der Waals surface area contributed by atoms with Gasteiger partial charge in [-0.3, -0.25) is 0 Å². The van der Waals surface area contributed by atoms with E-state index in [1.54, 1.807) is 6.07 Å². The van der Waals surface area contributed by atoms with Crippen molar-refractivity contribution < 1.29 is 13.9 Å². The lowest BCUT2D eigenvalue weighted by atomic mass is 10.1. The summed E-state index contributed by atoms with van der Waals surface area (Å²) in [6.07, 6.45) is 0. The topological polar surface area (TPSA) is 50.1 Å². The van der Waals surface area contributed by atoms with Crippen LogP contribution >= 0.6 is 11.6 Å². The molecule has 0 radical (unpaired) electrons. The first-order chi connectivity index (χ1) is 7.10. The van der Waals surface area contributed by atoms with Gasteiger partial charge in [-0.1, -0.05) is 6.07 Å². The summed E-state index contributed by atoms with van der Waals surface area (Å²) in [6, 6.07) is 5.41. The lowest BCUT2D eigenvalue weighted by Gasteiger charge is -2.05. The van der Waals surface area contributed by atoms with E-state index in [0.717, 1.165) is 13.2 Å². The van der Waals surface area contributed by atoms with Crippen molar-refractivity contribution in [3.05, 3.63) is 35.1 Å². The van der Waals surface area contributed by atoms with Gasteiger partial charge in [-0.25, -0.2) is 9.18 Å². The Kier molecular flexibility index (Phi) is 3.64. The van der Waals surface area contributed by atoms with Crippen LogP contribution in [-0.2, 0) is 4.74 Å². The normalized spacial score (nSPS) is 11.6. The molecule has 0 aliphatic carbocycles. The monoisotopic (exact) mass is 227 g/mol. The number of carbonyl (C=O) groups excluding carboxylic acids is 1. The van der Waals surface area contributed by atoms with Crippen LogP contribution in [0, 0.1) is 17.1 Å². The molecule has 0 N–H and O–H groups in total. The first kappa shape index (κ1) is 11.5. The van der Waals surface area contributed by atoms with Gasteiger partial charge >= 0.3 is 5.97 Å². The van der Waals surface area contributed by atoms with Gasteiger partial charge in [0.05, 0.1) is 18.7 Å². The van der Waals surface area contributed by atoms with Crippen molar-refractivity contribution in [2.75, 3.05) is 7.11 Å². The van der Waals surface area contributed by atoms with E-state index in [4.69, 9.17) is 16.9 Å². The highest BCUT2D eigenvalue weighted by molar-refractivity contribution is 6.22. The van der Waals surface area contributed by atoms with Crippen molar-refractivity contribution in [3.8, 4) is 6.07 Å². The molecule has 5 heteroatoms. The molecule has 1 rings (SSSR count). The Bertz CT molecular complexity index is 428. The van der Waals surface area contributed by atoms with Crippen LogP contribution in [0.4, 0.5) is 4.39 Å². The number of benzene rings is 1. The fourth-order valence-corrected chi connectivity index (χ4v) is 1.18. The van der Waals surface area contributed by atoms with Crippen LogP contribution in [0.2, 0.25) is 0 Å². The van der Waals surface area contributed by atoms with Crippen molar-refractivity contribution in [1.82, 2.24) is 0 Å². The maximum atomic E-state index is 13.1. The number of nitriles is 1. The number of hydrogen-bond acceptors (Lipinski definition) is 3. The molecule has 0 heterocycles. The van der Waals surface area contributed by atoms with Crippen LogP contribution in [0.3, 0.4) is 0 Å². The van der Waals surface area contributed by atoms with Crippen LogP contribution in [0.25, 0.3) is 0 Å².